The summed E-state index contributed by atoms with van der Waals surface area (Å²) < 4.78 is 14.0. The number of fused-ring (bicyclic) bond motifs is 6. The summed E-state index contributed by atoms with van der Waals surface area (Å²) in [5, 5.41) is 29.3. The third-order valence-electron chi connectivity index (χ3n) is 13.1. The van der Waals surface area contributed by atoms with Crippen LogP contribution in [0.3, 0.4) is 0 Å². The highest BCUT2D eigenvalue weighted by Crippen LogP contribution is 2.42. The number of carbonyl (C=O) groups excluding carboxylic acids is 4. The predicted octanol–water partition coefficient (Wildman–Crippen LogP) is 4.74. The van der Waals surface area contributed by atoms with Gasteiger partial charge in [0, 0.05) is 79.1 Å². The molecule has 65 heavy (non-hydrogen) atoms. The topological polar surface area (TPSA) is 198 Å². The molecule has 1 aromatic carbocycles. The number of hydrazine groups is 1. The van der Waals surface area contributed by atoms with Gasteiger partial charge in [0.05, 0.1) is 54.0 Å². The van der Waals surface area contributed by atoms with Crippen LogP contribution in [-0.4, -0.2) is 141 Å². The molecule has 6 bridgehead atoms. The second-order valence-electron chi connectivity index (χ2n) is 19.0. The minimum Gasteiger partial charge on any atom is -0.462 e. The number of pyridine rings is 1. The molecule has 4 amide bonds. The monoisotopic (exact) mass is 910 g/mol. The number of likely N-dealkylation sites (N-methyl/N-ethyl adjacent to an activating group) is 2. The normalized spacial score (nSPS) is 21.9. The number of likely N-dealkylation sites (tertiary alicyclic amines) is 1. The third kappa shape index (κ3) is 9.09. The lowest BCUT2D eigenvalue weighted by Gasteiger charge is -2.50. The molecule has 6 heterocycles. The molecule has 2 saturated heterocycles. The number of aromatic nitrogens is 3. The minimum atomic E-state index is -2.23. The molecule has 0 radical (unpaired) electrons. The number of thiazole rings is 1. The number of nitrogens with one attached hydrogen (secondary N) is 2. The Morgan fingerprint density at radius 2 is 1.91 bits per heavy atom. The Bertz CT molecular complexity index is 2500. The summed E-state index contributed by atoms with van der Waals surface area (Å²) in [5.74, 6) is -2.44. The second kappa shape index (κ2) is 18.4. The number of rotatable bonds is 9. The molecule has 348 valence electrons. The molecule has 3 aromatic heterocycles. The van der Waals surface area contributed by atoms with Gasteiger partial charge in [-0.15, -0.1) is 11.3 Å². The number of aryl methyl sites for hydroxylation is 1. The zero-order valence-electron chi connectivity index (χ0n) is 39.1. The number of amides is 4. The van der Waals surface area contributed by atoms with Crippen LogP contribution in [0.4, 0.5) is 4.79 Å². The first-order valence-electron chi connectivity index (χ1n) is 22.2. The zero-order chi connectivity index (χ0) is 47.2. The summed E-state index contributed by atoms with van der Waals surface area (Å²) in [7, 11) is 6.79. The molecule has 0 saturated carbocycles. The maximum absolute atomic E-state index is 14.6. The molecular formula is C47H62N10O7S. The number of benzene rings is 1. The van der Waals surface area contributed by atoms with E-state index in [1.807, 2.05) is 52.1 Å². The van der Waals surface area contributed by atoms with Crippen molar-refractivity contribution in [2.45, 2.75) is 103 Å². The number of hydrogen-bond acceptors (Lipinski definition) is 13. The van der Waals surface area contributed by atoms with Gasteiger partial charge in [-0.3, -0.25) is 24.5 Å². The molecular weight excluding hydrogens is 849 g/mol. The number of nitrogens with zero attached hydrogens (tertiary/aromatic N) is 8. The van der Waals surface area contributed by atoms with Crippen LogP contribution in [-0.2, 0) is 43.2 Å². The van der Waals surface area contributed by atoms with Crippen LogP contribution in [0.25, 0.3) is 33.4 Å². The van der Waals surface area contributed by atoms with E-state index in [1.165, 1.54) is 26.1 Å². The van der Waals surface area contributed by atoms with Gasteiger partial charge in [-0.1, -0.05) is 33.8 Å². The Hall–Kier alpha value is -5.45. The van der Waals surface area contributed by atoms with E-state index < -0.39 is 52.6 Å². The van der Waals surface area contributed by atoms with E-state index in [4.69, 9.17) is 19.4 Å². The smallest absolute Gasteiger partial charge is 0.355 e. The van der Waals surface area contributed by atoms with Crippen molar-refractivity contribution >= 4 is 46.1 Å². The van der Waals surface area contributed by atoms with E-state index in [9.17, 15) is 29.5 Å². The van der Waals surface area contributed by atoms with Crippen molar-refractivity contribution < 1.29 is 33.8 Å². The summed E-state index contributed by atoms with van der Waals surface area (Å²) in [6.07, 6.45) is 2.20. The first-order chi connectivity index (χ1) is 30.8. The molecule has 3 aliphatic rings. The molecule has 17 nitrogen and oxygen atoms in total. The van der Waals surface area contributed by atoms with Crippen LogP contribution in [0.1, 0.15) is 76.8 Å². The number of cyclic esters (lactones) is 1. The first kappa shape index (κ1) is 47.5. The first-order valence-corrected chi connectivity index (χ1v) is 23.1. The average Bonchev–Trinajstić information content (AvgIpc) is 3.85. The lowest BCUT2D eigenvalue weighted by atomic mass is 9.84. The second-order valence-corrected chi connectivity index (χ2v) is 19.9. The standard InChI is InChI=1S/C47H62N10O7S/c1-11-56-36-16-15-30-20-32(36)33(40(56)31-14-12-18-49-38(31)29(4)63-10)22-45(5,6)27-64-43(60)47(62)17-13-19-57(52-47)42(59)34(21-37-50-35(30)23-65-37)51-41(58)39(28(2)3)54(9)44(61)55-25-46(24-48,26-55)53(7)8/h12,14-16,18,20,23,28-29,34,39,52,62H,11,13,17,19,21-22,25-27H2,1-10H3,(H,51,58)/t29-,34-,39-,47-/m0/s1. The van der Waals surface area contributed by atoms with Crippen molar-refractivity contribution in [3.63, 3.8) is 0 Å². The number of esters is 1. The van der Waals surface area contributed by atoms with Crippen LogP contribution >= 0.6 is 11.3 Å². The van der Waals surface area contributed by atoms with Gasteiger partial charge in [0.1, 0.15) is 17.6 Å². The minimum absolute atomic E-state index is 0.0129. The summed E-state index contributed by atoms with van der Waals surface area (Å²) in [4.78, 5) is 71.2. The van der Waals surface area contributed by atoms with Crippen molar-refractivity contribution in [2.24, 2.45) is 11.3 Å². The molecule has 0 unspecified atom stereocenters. The number of hydrogen-bond donors (Lipinski definition) is 3. The van der Waals surface area contributed by atoms with E-state index in [1.54, 1.807) is 39.3 Å². The zero-order valence-corrected chi connectivity index (χ0v) is 39.9. The number of nitriles is 1. The van der Waals surface area contributed by atoms with Crippen LogP contribution in [0.5, 0.6) is 0 Å². The molecule has 7 rings (SSSR count). The Morgan fingerprint density at radius 1 is 1.17 bits per heavy atom. The Kier molecular flexibility index (Phi) is 13.5. The van der Waals surface area contributed by atoms with Crippen LogP contribution < -0.4 is 10.7 Å². The fourth-order valence-corrected chi connectivity index (χ4v) is 10.2. The largest absolute Gasteiger partial charge is 0.462 e. The number of urea groups is 1. The SMILES string of the molecule is CCn1c(-c2cccnc2[C@H](C)OC)c2c3cc(ccc31)-c1csc(n1)C[C@H](NC(=O)[C@H](C(C)C)N(C)C(=O)N1CC(C#N)(N(C)C)C1)C(=O)N1CCC[C@@](O)(N1)C(=O)OCC(C)(C)C2. The average molecular weight is 911 g/mol. The van der Waals surface area contributed by atoms with Gasteiger partial charge in [0.15, 0.2) is 0 Å². The van der Waals surface area contributed by atoms with Crippen LogP contribution in [0, 0.1) is 22.7 Å². The van der Waals surface area contributed by atoms with Crippen molar-refractivity contribution in [1.29, 1.82) is 5.26 Å². The number of ether oxygens (including phenoxy) is 2. The van der Waals surface area contributed by atoms with Gasteiger partial charge >= 0.3 is 12.0 Å². The summed E-state index contributed by atoms with van der Waals surface area (Å²) in [6.45, 7) is 12.9. The molecule has 2 fully saturated rings. The molecule has 3 N–H and O–H groups in total. The summed E-state index contributed by atoms with van der Waals surface area (Å²) in [5.41, 5.74) is 5.40. The lowest BCUT2D eigenvalue weighted by Crippen LogP contribution is -2.71. The van der Waals surface area contributed by atoms with E-state index in [-0.39, 0.29) is 57.5 Å². The van der Waals surface area contributed by atoms with Crippen LogP contribution in [0.15, 0.2) is 41.9 Å². The van der Waals surface area contributed by atoms with Crippen molar-refractivity contribution in [1.82, 2.24) is 45.0 Å². The molecule has 3 aliphatic heterocycles. The fourth-order valence-electron chi connectivity index (χ4n) is 9.30. The quantitative estimate of drug-likeness (QED) is 0.196. The highest BCUT2D eigenvalue weighted by atomic mass is 32.1. The Balaban J connectivity index is 1.28. The van der Waals surface area contributed by atoms with Crippen molar-refractivity contribution in [3.05, 3.63) is 58.2 Å². The third-order valence-corrected chi connectivity index (χ3v) is 14.0. The maximum Gasteiger partial charge on any atom is 0.355 e. The predicted molar refractivity (Wildman–Crippen MR) is 246 cm³/mol. The highest BCUT2D eigenvalue weighted by molar-refractivity contribution is 7.10. The Morgan fingerprint density at radius 3 is 2.57 bits per heavy atom. The maximum atomic E-state index is 14.6. The van der Waals surface area contributed by atoms with Gasteiger partial charge in [-0.05, 0) is 76.5 Å². The van der Waals surface area contributed by atoms with E-state index in [0.717, 1.165) is 39.0 Å². The highest BCUT2D eigenvalue weighted by Gasteiger charge is 2.50. The lowest BCUT2D eigenvalue weighted by molar-refractivity contribution is -0.189. The summed E-state index contributed by atoms with van der Waals surface area (Å²) >= 11 is 1.35. The molecule has 18 heteroatoms. The molecule has 4 atom stereocenters. The van der Waals surface area contributed by atoms with Gasteiger partial charge in [-0.2, -0.15) is 10.7 Å². The van der Waals surface area contributed by atoms with Crippen LogP contribution in [0.2, 0.25) is 0 Å². The van der Waals surface area contributed by atoms with Gasteiger partial charge in [-0.25, -0.2) is 14.6 Å². The van der Waals surface area contributed by atoms with Gasteiger partial charge in [0.25, 0.3) is 5.91 Å². The molecule has 4 aromatic rings. The van der Waals surface area contributed by atoms with E-state index in [0.29, 0.717) is 23.7 Å². The Labute approximate surface area is 384 Å². The van der Waals surface area contributed by atoms with E-state index >= 15 is 0 Å². The van der Waals surface area contributed by atoms with Gasteiger partial charge in [0.2, 0.25) is 11.6 Å². The molecule has 0 aliphatic carbocycles. The molecule has 0 spiro atoms. The van der Waals surface area contributed by atoms with Crippen molar-refractivity contribution in [3.8, 4) is 28.6 Å². The summed E-state index contributed by atoms with van der Waals surface area (Å²) in [6, 6.07) is 9.93. The van der Waals surface area contributed by atoms with Crippen molar-refractivity contribution in [2.75, 3.05) is 54.5 Å². The van der Waals surface area contributed by atoms with E-state index in [2.05, 4.69) is 46.5 Å². The number of carbonyl (C=O) groups is 4. The number of methoxy groups -OCH3 is 1. The number of aliphatic hydroxyl groups is 1. The van der Waals surface area contributed by atoms with Gasteiger partial charge < -0.3 is 34.3 Å². The fraction of sp³-hybridized carbons (Fsp3) is 0.553.